The second kappa shape index (κ2) is 8.78. The van der Waals surface area contributed by atoms with Gasteiger partial charge in [0.2, 0.25) is 0 Å². The minimum Gasteiger partial charge on any atom is -0.461 e. The Balaban J connectivity index is 0.00000441. The van der Waals surface area contributed by atoms with Crippen molar-refractivity contribution in [1.82, 2.24) is 4.90 Å². The van der Waals surface area contributed by atoms with Crippen LogP contribution in [0.3, 0.4) is 0 Å². The van der Waals surface area contributed by atoms with E-state index in [0.717, 1.165) is 0 Å². The second-order valence-electron chi connectivity index (χ2n) is 3.40. The molecular weight excluding hydrogens is 252 g/mol. The molecule has 0 spiro atoms. The third-order valence-electron chi connectivity index (χ3n) is 2.26. The molecule has 0 aromatic heterocycles. The van der Waals surface area contributed by atoms with Gasteiger partial charge in [0.05, 0.1) is 8.30 Å². The summed E-state index contributed by atoms with van der Waals surface area (Å²) in [5.41, 5.74) is 6.09. The molecule has 0 unspecified atom stereocenters. The molecule has 0 amide bonds. The van der Waals surface area contributed by atoms with Crippen LogP contribution in [0.15, 0.2) is 24.3 Å². The highest BCUT2D eigenvalue weighted by atomic mass is 35.5. The van der Waals surface area contributed by atoms with Crippen molar-refractivity contribution in [3.8, 4) is 0 Å². The highest BCUT2D eigenvalue weighted by Gasteiger charge is 2.07. The van der Waals surface area contributed by atoms with E-state index in [1.807, 2.05) is 0 Å². The van der Waals surface area contributed by atoms with E-state index < -0.39 is 19.0 Å². The first-order valence-corrected chi connectivity index (χ1v) is 5.49. The Labute approximate surface area is 120 Å². The van der Waals surface area contributed by atoms with Crippen LogP contribution in [0.5, 0.6) is 0 Å². The van der Waals surface area contributed by atoms with Crippen LogP contribution in [-0.4, -0.2) is 37.0 Å². The van der Waals surface area contributed by atoms with Gasteiger partial charge in [-0.15, -0.1) is 12.4 Å². The Kier molecular flexibility index (Phi) is 5.19. The first-order chi connectivity index (χ1) is 9.65. The van der Waals surface area contributed by atoms with Gasteiger partial charge in [0, 0.05) is 14.9 Å². The standard InChI is InChI=1S/C13H20N2O2.ClH/c1-3-15(4-2)9-10-17-13(16)11-5-7-12(14)8-6-11;/h5-8H,3-4,9-10,14H2,1-2H3;1H/i9D2,10D2;. The number of nitrogen functional groups attached to an aromatic ring is 1. The fraction of sp³-hybridized carbons (Fsp3) is 0.462. The van der Waals surface area contributed by atoms with Crippen LogP contribution in [0.1, 0.15) is 29.7 Å². The molecule has 0 fully saturated rings. The normalized spacial score (nSPS) is 14.8. The molecule has 0 atom stereocenters. The molecule has 0 aliphatic heterocycles. The van der Waals surface area contributed by atoms with Gasteiger partial charge in [-0.25, -0.2) is 4.79 Å². The van der Waals surface area contributed by atoms with Gasteiger partial charge in [0.15, 0.2) is 0 Å². The quantitative estimate of drug-likeness (QED) is 0.639. The third-order valence-corrected chi connectivity index (χ3v) is 2.26. The van der Waals surface area contributed by atoms with E-state index in [0.29, 0.717) is 18.8 Å². The molecule has 0 bridgehead atoms. The molecule has 1 aromatic carbocycles. The van der Waals surface area contributed by atoms with Crippen LogP contribution in [0.25, 0.3) is 0 Å². The van der Waals surface area contributed by atoms with Crippen LogP contribution in [-0.2, 0) is 4.74 Å². The Morgan fingerprint density at radius 2 is 1.89 bits per heavy atom. The predicted molar refractivity (Wildman–Crippen MR) is 76.2 cm³/mol. The zero-order valence-corrected chi connectivity index (χ0v) is 11.3. The molecule has 0 saturated heterocycles. The van der Waals surface area contributed by atoms with Crippen LogP contribution in [0.4, 0.5) is 5.69 Å². The minimum absolute atomic E-state index is 0. The van der Waals surface area contributed by atoms with Crippen molar-refractivity contribution >= 4 is 24.1 Å². The van der Waals surface area contributed by atoms with Crippen molar-refractivity contribution in [2.45, 2.75) is 13.8 Å². The van der Waals surface area contributed by atoms with Crippen LogP contribution in [0, 0.1) is 0 Å². The highest BCUT2D eigenvalue weighted by Crippen LogP contribution is 2.06. The fourth-order valence-electron chi connectivity index (χ4n) is 1.19. The van der Waals surface area contributed by atoms with Gasteiger partial charge in [0.1, 0.15) is 6.56 Å². The molecular formula is C13H21ClN2O2. The lowest BCUT2D eigenvalue weighted by Crippen LogP contribution is -2.27. The smallest absolute Gasteiger partial charge is 0.338 e. The minimum atomic E-state index is -2.78. The summed E-state index contributed by atoms with van der Waals surface area (Å²) in [4.78, 5) is 13.2. The summed E-state index contributed by atoms with van der Waals surface area (Å²) in [6.07, 6.45) is 0. The summed E-state index contributed by atoms with van der Waals surface area (Å²) in [7, 11) is 0. The molecule has 18 heavy (non-hydrogen) atoms. The summed E-state index contributed by atoms with van der Waals surface area (Å²) in [6, 6.07) is 5.79. The number of hydrogen-bond acceptors (Lipinski definition) is 4. The van der Waals surface area contributed by atoms with E-state index >= 15 is 0 Å². The number of carbonyl (C=O) groups is 1. The summed E-state index contributed by atoms with van der Waals surface area (Å²) < 4.78 is 36.1. The number of halogens is 1. The summed E-state index contributed by atoms with van der Waals surface area (Å²) >= 11 is 0. The Morgan fingerprint density at radius 3 is 2.39 bits per heavy atom. The van der Waals surface area contributed by atoms with E-state index in [2.05, 4.69) is 0 Å². The maximum Gasteiger partial charge on any atom is 0.338 e. The van der Waals surface area contributed by atoms with Crippen LogP contribution >= 0.6 is 12.4 Å². The molecule has 5 heteroatoms. The Morgan fingerprint density at radius 1 is 1.33 bits per heavy atom. The van der Waals surface area contributed by atoms with Crippen molar-refractivity contribution in [3.05, 3.63) is 29.8 Å². The number of esters is 1. The second-order valence-corrected chi connectivity index (χ2v) is 3.40. The van der Waals surface area contributed by atoms with E-state index in [4.69, 9.17) is 16.0 Å². The topological polar surface area (TPSA) is 55.6 Å². The van der Waals surface area contributed by atoms with E-state index in [9.17, 15) is 4.79 Å². The number of anilines is 1. The monoisotopic (exact) mass is 276 g/mol. The molecule has 1 rings (SSSR count). The number of hydrogen-bond donors (Lipinski definition) is 1. The fourth-order valence-corrected chi connectivity index (χ4v) is 1.19. The van der Waals surface area contributed by atoms with Gasteiger partial charge in [-0.3, -0.25) is 0 Å². The van der Waals surface area contributed by atoms with Crippen molar-refractivity contribution < 1.29 is 15.0 Å². The van der Waals surface area contributed by atoms with Gasteiger partial charge in [-0.2, -0.15) is 0 Å². The first kappa shape index (κ1) is 10.6. The average Bonchev–Trinajstić information content (AvgIpc) is 2.39. The maximum atomic E-state index is 11.9. The summed E-state index contributed by atoms with van der Waals surface area (Å²) in [6.45, 7) is -1.21. The molecule has 4 nitrogen and oxygen atoms in total. The molecule has 0 radical (unpaired) electrons. The zero-order chi connectivity index (χ0) is 16.3. The number of ether oxygens (including phenoxy) is 1. The Bertz CT molecular complexity index is 493. The van der Waals surface area contributed by atoms with Crippen LogP contribution in [0.2, 0.25) is 0 Å². The first-order valence-electron chi connectivity index (χ1n) is 7.49. The molecule has 2 N–H and O–H groups in total. The molecule has 0 heterocycles. The summed E-state index contributed by atoms with van der Waals surface area (Å²) in [5, 5.41) is 0. The molecule has 0 saturated carbocycles. The van der Waals surface area contributed by atoms with Crippen molar-refractivity contribution in [3.63, 3.8) is 0 Å². The number of nitrogens with two attached hydrogens (primary N) is 1. The van der Waals surface area contributed by atoms with E-state index in [1.54, 1.807) is 13.8 Å². The van der Waals surface area contributed by atoms with Crippen molar-refractivity contribution in [2.24, 2.45) is 0 Å². The van der Waals surface area contributed by atoms with E-state index in [-0.39, 0.29) is 18.0 Å². The lowest BCUT2D eigenvalue weighted by molar-refractivity contribution is 0.0466. The summed E-state index contributed by atoms with van der Waals surface area (Å²) in [5.74, 6) is -0.934. The van der Waals surface area contributed by atoms with Crippen molar-refractivity contribution in [1.29, 1.82) is 0 Å². The molecule has 0 aliphatic rings. The molecule has 102 valence electrons. The zero-order valence-electron chi connectivity index (χ0n) is 14.5. The van der Waals surface area contributed by atoms with Gasteiger partial charge < -0.3 is 15.4 Å². The SMILES string of the molecule is Cl.[2H]C([2H])(OC(=O)c1ccc(N)cc1)C([2H])([2H])N(CC)CC. The van der Waals surface area contributed by atoms with E-state index in [1.165, 1.54) is 29.2 Å². The third kappa shape index (κ3) is 5.38. The van der Waals surface area contributed by atoms with Gasteiger partial charge in [-0.1, -0.05) is 13.8 Å². The van der Waals surface area contributed by atoms with Crippen LogP contribution < -0.4 is 5.73 Å². The van der Waals surface area contributed by atoms with Gasteiger partial charge in [-0.05, 0) is 37.4 Å². The lowest BCUT2D eigenvalue weighted by atomic mass is 10.2. The van der Waals surface area contributed by atoms with Gasteiger partial charge >= 0.3 is 5.97 Å². The average molecular weight is 277 g/mol. The molecule has 0 aliphatic carbocycles. The predicted octanol–water partition coefficient (Wildman–Crippen LogP) is 2.19. The van der Waals surface area contributed by atoms with Gasteiger partial charge in [0.25, 0.3) is 0 Å². The number of likely N-dealkylation sites (N-methyl/N-ethyl adjacent to an activating group) is 1. The number of nitrogens with zero attached hydrogens (tertiary/aromatic N) is 1. The Hall–Kier alpha value is -1.26. The maximum absolute atomic E-state index is 11.9. The number of rotatable bonds is 6. The molecule has 1 aromatic rings. The lowest BCUT2D eigenvalue weighted by Gasteiger charge is -2.17. The largest absolute Gasteiger partial charge is 0.461 e. The number of benzene rings is 1. The number of carbonyl (C=O) groups excluding carboxylic acids is 1. The highest BCUT2D eigenvalue weighted by molar-refractivity contribution is 5.89. The van der Waals surface area contributed by atoms with Crippen molar-refractivity contribution in [2.75, 3.05) is 31.9 Å².